The maximum Gasteiger partial charge on any atom is 0.431 e. The first-order valence-electron chi connectivity index (χ1n) is 5.59. The van der Waals surface area contributed by atoms with E-state index in [9.17, 15) is 22.8 Å². The minimum atomic E-state index is -4.82. The molecule has 0 atom stereocenters. The highest BCUT2D eigenvalue weighted by molar-refractivity contribution is 9.10. The lowest BCUT2D eigenvalue weighted by atomic mass is 10.3. The molecular weight excluding hydrogens is 412 g/mol. The number of hydrogen-bond acceptors (Lipinski definition) is 2. The van der Waals surface area contributed by atoms with E-state index < -0.39 is 23.1 Å². The van der Waals surface area contributed by atoms with Crippen LogP contribution in [0.4, 0.5) is 13.2 Å². The first kappa shape index (κ1) is 17.1. The molecule has 1 aromatic carbocycles. The summed E-state index contributed by atoms with van der Waals surface area (Å²) in [5.41, 5.74) is -3.66. The summed E-state index contributed by atoms with van der Waals surface area (Å²) < 4.78 is 39.5. The van der Waals surface area contributed by atoms with Gasteiger partial charge >= 0.3 is 11.9 Å². The van der Waals surface area contributed by atoms with Crippen LogP contribution in [0.3, 0.4) is 0 Å². The molecule has 0 spiro atoms. The largest absolute Gasteiger partial charge is 0.431 e. The smallest absolute Gasteiger partial charge is 0.292 e. The molecule has 0 unspecified atom stereocenters. The van der Waals surface area contributed by atoms with Gasteiger partial charge in [-0.15, -0.1) is 0 Å². The van der Waals surface area contributed by atoms with E-state index in [0.717, 1.165) is 7.05 Å². The molecule has 0 aliphatic heterocycles. The quantitative estimate of drug-likeness (QED) is 0.665. The zero-order valence-corrected chi connectivity index (χ0v) is 13.8. The van der Waals surface area contributed by atoms with Crippen molar-refractivity contribution >= 4 is 39.1 Å². The number of benzene rings is 1. The van der Waals surface area contributed by atoms with Crippen molar-refractivity contribution in [2.24, 2.45) is 7.05 Å². The minimum Gasteiger partial charge on any atom is -0.292 e. The monoisotopic (exact) mass is 416 g/mol. The minimum absolute atomic E-state index is 0.0301. The molecule has 0 bridgehead atoms. The summed E-state index contributed by atoms with van der Waals surface area (Å²) in [4.78, 5) is 24.0. The van der Waals surface area contributed by atoms with Gasteiger partial charge in [-0.2, -0.15) is 13.2 Å². The first-order chi connectivity index (χ1) is 10.0. The molecule has 1 heterocycles. The van der Waals surface area contributed by atoms with E-state index in [4.69, 9.17) is 23.2 Å². The predicted octanol–water partition coefficient (Wildman–Crippen LogP) is 3.62. The Morgan fingerprint density at radius 2 is 1.59 bits per heavy atom. The zero-order valence-electron chi connectivity index (χ0n) is 10.7. The number of rotatable bonds is 1. The molecule has 0 amide bonds. The molecule has 0 aliphatic rings. The van der Waals surface area contributed by atoms with Crippen LogP contribution < -0.4 is 11.2 Å². The van der Waals surface area contributed by atoms with Crippen LogP contribution in [0.1, 0.15) is 5.69 Å². The molecule has 22 heavy (non-hydrogen) atoms. The molecule has 0 aliphatic carbocycles. The van der Waals surface area contributed by atoms with Crippen LogP contribution in [0.5, 0.6) is 0 Å². The number of nitrogens with zero attached hydrogens (tertiary/aromatic N) is 2. The molecule has 0 fully saturated rings. The summed E-state index contributed by atoms with van der Waals surface area (Å²) >= 11 is 14.9. The van der Waals surface area contributed by atoms with Gasteiger partial charge in [0.25, 0.3) is 5.56 Å². The van der Waals surface area contributed by atoms with E-state index in [1.807, 2.05) is 0 Å². The maximum absolute atomic E-state index is 12.8. The average Bonchev–Trinajstić information content (AvgIpc) is 2.39. The van der Waals surface area contributed by atoms with E-state index in [0.29, 0.717) is 19.7 Å². The van der Waals surface area contributed by atoms with E-state index in [1.54, 1.807) is 0 Å². The van der Waals surface area contributed by atoms with E-state index in [-0.39, 0.29) is 15.7 Å². The molecule has 118 valence electrons. The van der Waals surface area contributed by atoms with Gasteiger partial charge in [0.2, 0.25) is 0 Å². The Hall–Kier alpha value is -1.25. The Labute approximate surface area is 139 Å². The van der Waals surface area contributed by atoms with Crippen molar-refractivity contribution in [3.05, 3.63) is 59.2 Å². The molecule has 0 N–H and O–H groups in total. The van der Waals surface area contributed by atoms with Crippen LogP contribution in [0, 0.1) is 0 Å². The molecule has 1 aromatic heterocycles. The van der Waals surface area contributed by atoms with Crippen molar-refractivity contribution in [2.45, 2.75) is 6.18 Å². The maximum atomic E-state index is 12.8. The van der Waals surface area contributed by atoms with Crippen LogP contribution in [-0.4, -0.2) is 9.13 Å². The standard InChI is InChI=1S/C12H6BrCl2F3N2O2/c1-19-8(12(16,17)18)4-9(21)20(11(19)22)5-2-6(14)10(13)7(15)3-5/h2-4H,1H3. The van der Waals surface area contributed by atoms with Crippen molar-refractivity contribution in [3.8, 4) is 5.69 Å². The van der Waals surface area contributed by atoms with Crippen LogP contribution in [0.2, 0.25) is 10.0 Å². The number of alkyl halides is 3. The van der Waals surface area contributed by atoms with Crippen LogP contribution in [0.15, 0.2) is 32.3 Å². The van der Waals surface area contributed by atoms with Crippen LogP contribution >= 0.6 is 39.1 Å². The van der Waals surface area contributed by atoms with Gasteiger partial charge in [-0.1, -0.05) is 23.2 Å². The third-order valence-electron chi connectivity index (χ3n) is 2.84. The fourth-order valence-electron chi connectivity index (χ4n) is 1.81. The van der Waals surface area contributed by atoms with Gasteiger partial charge in [0.05, 0.1) is 20.2 Å². The van der Waals surface area contributed by atoms with E-state index in [2.05, 4.69) is 15.9 Å². The molecule has 2 aromatic rings. The number of aromatic nitrogens is 2. The summed E-state index contributed by atoms with van der Waals surface area (Å²) in [5.74, 6) is 0. The van der Waals surface area contributed by atoms with E-state index in [1.165, 1.54) is 12.1 Å². The Morgan fingerprint density at radius 1 is 1.09 bits per heavy atom. The van der Waals surface area contributed by atoms with Gasteiger partial charge in [-0.05, 0) is 28.1 Å². The van der Waals surface area contributed by atoms with Gasteiger partial charge in [-0.3, -0.25) is 9.36 Å². The van der Waals surface area contributed by atoms with Crippen molar-refractivity contribution in [3.63, 3.8) is 0 Å². The van der Waals surface area contributed by atoms with Gasteiger partial charge in [0.1, 0.15) is 5.69 Å². The predicted molar refractivity (Wildman–Crippen MR) is 80.0 cm³/mol. The second-order valence-electron chi connectivity index (χ2n) is 4.27. The highest BCUT2D eigenvalue weighted by Gasteiger charge is 2.35. The van der Waals surface area contributed by atoms with Gasteiger partial charge in [0, 0.05) is 13.1 Å². The molecule has 10 heteroatoms. The van der Waals surface area contributed by atoms with Crippen molar-refractivity contribution in [2.75, 3.05) is 0 Å². The molecule has 2 rings (SSSR count). The Kier molecular flexibility index (Phi) is 4.47. The van der Waals surface area contributed by atoms with Gasteiger partial charge < -0.3 is 0 Å². The lowest BCUT2D eigenvalue weighted by Gasteiger charge is -2.14. The van der Waals surface area contributed by atoms with Crippen LogP contribution in [0.25, 0.3) is 5.69 Å². The highest BCUT2D eigenvalue weighted by Crippen LogP contribution is 2.32. The average molecular weight is 418 g/mol. The lowest BCUT2D eigenvalue weighted by molar-refractivity contribution is -0.144. The first-order valence-corrected chi connectivity index (χ1v) is 7.14. The fraction of sp³-hybridized carbons (Fsp3) is 0.167. The summed E-state index contributed by atoms with van der Waals surface area (Å²) in [6, 6.07) is 2.83. The second-order valence-corrected chi connectivity index (χ2v) is 5.87. The third kappa shape index (κ3) is 2.95. The fourth-order valence-corrected chi connectivity index (χ4v) is 2.51. The van der Waals surface area contributed by atoms with Gasteiger partial charge in [-0.25, -0.2) is 9.36 Å². The van der Waals surface area contributed by atoms with E-state index >= 15 is 0 Å². The summed E-state index contributed by atoms with van der Waals surface area (Å²) in [5, 5.41) is 0.215. The summed E-state index contributed by atoms with van der Waals surface area (Å²) in [6.07, 6.45) is -4.82. The Morgan fingerprint density at radius 3 is 2.05 bits per heavy atom. The lowest BCUT2D eigenvalue weighted by Crippen LogP contribution is -2.40. The van der Waals surface area contributed by atoms with Crippen molar-refractivity contribution in [1.29, 1.82) is 0 Å². The summed E-state index contributed by atoms with van der Waals surface area (Å²) in [7, 11) is 0.920. The molecule has 4 nitrogen and oxygen atoms in total. The Bertz CT molecular complexity index is 851. The highest BCUT2D eigenvalue weighted by atomic mass is 79.9. The van der Waals surface area contributed by atoms with Gasteiger partial charge in [0.15, 0.2) is 0 Å². The van der Waals surface area contributed by atoms with Crippen LogP contribution in [-0.2, 0) is 13.2 Å². The molecule has 0 saturated heterocycles. The Balaban J connectivity index is 2.82. The topological polar surface area (TPSA) is 44.0 Å². The molecule has 0 radical (unpaired) electrons. The summed E-state index contributed by atoms with van der Waals surface area (Å²) in [6.45, 7) is 0. The number of halogens is 6. The molecule has 0 saturated carbocycles. The van der Waals surface area contributed by atoms with Crippen molar-refractivity contribution < 1.29 is 13.2 Å². The normalized spacial score (nSPS) is 11.8. The SMILES string of the molecule is Cn1c(C(F)(F)F)cc(=O)n(-c2cc(Cl)c(Br)c(Cl)c2)c1=O. The number of hydrogen-bond donors (Lipinski definition) is 0. The zero-order chi connectivity index (χ0) is 16.8. The third-order valence-corrected chi connectivity index (χ3v) is 4.74. The second kappa shape index (κ2) is 5.75. The van der Waals surface area contributed by atoms with Crippen molar-refractivity contribution in [1.82, 2.24) is 9.13 Å². The molecular formula is C12H6BrCl2F3N2O2.